The first-order valence-electron chi connectivity index (χ1n) is 5.59. The van der Waals surface area contributed by atoms with E-state index in [4.69, 9.17) is 27.9 Å². The number of ether oxygens (including phenoxy) is 1. The standard InChI is InChI=1S/C13H11Cl2NO3S/c1-20(17,18)10-4-2-9(3-5-10)19-13-7-6-11(15)12(8-14)16-13/h2-7H,8H2,1H3. The lowest BCUT2D eigenvalue weighted by molar-refractivity contribution is 0.461. The highest BCUT2D eigenvalue weighted by Crippen LogP contribution is 2.24. The van der Waals surface area contributed by atoms with Gasteiger partial charge in [-0.15, -0.1) is 11.6 Å². The Labute approximate surface area is 127 Å². The number of halogens is 2. The molecule has 106 valence electrons. The Morgan fingerprint density at radius 2 is 1.80 bits per heavy atom. The summed E-state index contributed by atoms with van der Waals surface area (Å²) in [5.41, 5.74) is 0.526. The van der Waals surface area contributed by atoms with Crippen molar-refractivity contribution in [2.45, 2.75) is 10.8 Å². The molecule has 7 heteroatoms. The smallest absolute Gasteiger partial charge is 0.219 e. The molecule has 1 aromatic heterocycles. The van der Waals surface area contributed by atoms with Crippen molar-refractivity contribution in [1.29, 1.82) is 0 Å². The van der Waals surface area contributed by atoms with Crippen molar-refractivity contribution < 1.29 is 13.2 Å². The predicted octanol–water partition coefficient (Wildman–Crippen LogP) is 3.67. The molecule has 0 aliphatic heterocycles. The van der Waals surface area contributed by atoms with E-state index in [0.717, 1.165) is 6.26 Å². The summed E-state index contributed by atoms with van der Waals surface area (Å²) in [5.74, 6) is 1.01. The van der Waals surface area contributed by atoms with Crippen LogP contribution in [0.4, 0.5) is 0 Å². The van der Waals surface area contributed by atoms with Gasteiger partial charge in [-0.25, -0.2) is 13.4 Å². The second-order valence-corrected chi connectivity index (χ2v) is 6.75. The van der Waals surface area contributed by atoms with Crippen LogP contribution in [0.25, 0.3) is 0 Å². The van der Waals surface area contributed by atoms with Crippen LogP contribution in [0.5, 0.6) is 11.6 Å². The molecule has 0 radical (unpaired) electrons. The number of pyridine rings is 1. The molecule has 4 nitrogen and oxygen atoms in total. The SMILES string of the molecule is CS(=O)(=O)c1ccc(Oc2ccc(Cl)c(CCl)n2)cc1. The molecule has 0 aliphatic carbocycles. The van der Waals surface area contributed by atoms with Crippen LogP contribution in [0.3, 0.4) is 0 Å². The molecule has 0 spiro atoms. The lowest BCUT2D eigenvalue weighted by Gasteiger charge is -2.07. The molecule has 2 rings (SSSR count). The second kappa shape index (κ2) is 5.99. The van der Waals surface area contributed by atoms with Crippen molar-refractivity contribution in [1.82, 2.24) is 4.98 Å². The summed E-state index contributed by atoms with van der Waals surface area (Å²) in [6.45, 7) is 0. The summed E-state index contributed by atoms with van der Waals surface area (Å²) in [6, 6.07) is 9.33. The Kier molecular flexibility index (Phi) is 4.52. The molecule has 0 N–H and O–H groups in total. The lowest BCUT2D eigenvalue weighted by atomic mass is 10.3. The van der Waals surface area contributed by atoms with Crippen LogP contribution >= 0.6 is 23.2 Å². The molecule has 0 fully saturated rings. The van der Waals surface area contributed by atoms with Crippen molar-refractivity contribution in [2.75, 3.05) is 6.26 Å². The van der Waals surface area contributed by atoms with Crippen molar-refractivity contribution in [3.63, 3.8) is 0 Å². The minimum atomic E-state index is -3.21. The summed E-state index contributed by atoms with van der Waals surface area (Å²) in [5, 5.41) is 0.472. The van der Waals surface area contributed by atoms with Crippen LogP contribution in [0.2, 0.25) is 5.02 Å². The third-order valence-electron chi connectivity index (χ3n) is 2.49. The van der Waals surface area contributed by atoms with Gasteiger partial charge >= 0.3 is 0 Å². The van der Waals surface area contributed by atoms with Crippen molar-refractivity contribution in [3.05, 3.63) is 47.1 Å². The Bertz CT molecular complexity index is 715. The van der Waals surface area contributed by atoms with E-state index < -0.39 is 9.84 Å². The molecule has 20 heavy (non-hydrogen) atoms. The number of hydrogen-bond acceptors (Lipinski definition) is 4. The van der Waals surface area contributed by atoms with Gasteiger partial charge < -0.3 is 4.74 Å². The quantitative estimate of drug-likeness (QED) is 0.802. The maximum Gasteiger partial charge on any atom is 0.219 e. The molecule has 0 atom stereocenters. The zero-order valence-electron chi connectivity index (χ0n) is 10.5. The summed E-state index contributed by atoms with van der Waals surface area (Å²) in [7, 11) is -3.21. The molecule has 0 amide bonds. The van der Waals surface area contributed by atoms with Crippen molar-refractivity contribution in [3.8, 4) is 11.6 Å². The van der Waals surface area contributed by atoms with Gasteiger partial charge in [0.15, 0.2) is 9.84 Å². The molecular weight excluding hydrogens is 321 g/mol. The summed E-state index contributed by atoms with van der Waals surface area (Å²) < 4.78 is 28.2. The molecular formula is C13H11Cl2NO3S. The largest absolute Gasteiger partial charge is 0.439 e. The van der Waals surface area contributed by atoms with Crippen LogP contribution in [-0.2, 0) is 15.7 Å². The van der Waals surface area contributed by atoms with E-state index >= 15 is 0 Å². The number of aromatic nitrogens is 1. The molecule has 0 saturated heterocycles. The first-order valence-corrected chi connectivity index (χ1v) is 8.40. The molecule has 0 aliphatic rings. The van der Waals surface area contributed by atoms with Gasteiger partial charge in [0.25, 0.3) is 0 Å². The number of alkyl halides is 1. The third-order valence-corrected chi connectivity index (χ3v) is 4.22. The highest BCUT2D eigenvalue weighted by molar-refractivity contribution is 7.90. The lowest BCUT2D eigenvalue weighted by Crippen LogP contribution is -1.97. The Morgan fingerprint density at radius 1 is 1.15 bits per heavy atom. The van der Waals surface area contributed by atoms with Gasteiger partial charge in [0.2, 0.25) is 5.88 Å². The first kappa shape index (κ1) is 15.1. The molecule has 2 aromatic rings. The highest BCUT2D eigenvalue weighted by atomic mass is 35.5. The van der Waals surface area contributed by atoms with E-state index in [1.807, 2.05) is 0 Å². The number of benzene rings is 1. The van der Waals surface area contributed by atoms with Gasteiger partial charge in [-0.1, -0.05) is 11.6 Å². The monoisotopic (exact) mass is 331 g/mol. The van der Waals surface area contributed by atoms with Gasteiger partial charge in [-0.2, -0.15) is 0 Å². The zero-order valence-corrected chi connectivity index (χ0v) is 12.8. The fourth-order valence-corrected chi connectivity index (χ4v) is 2.57. The topological polar surface area (TPSA) is 56.3 Å². The summed E-state index contributed by atoms with van der Waals surface area (Å²) in [6.07, 6.45) is 1.15. The van der Waals surface area contributed by atoms with Crippen molar-refractivity contribution >= 4 is 33.0 Å². The van der Waals surface area contributed by atoms with Gasteiger partial charge in [-0.3, -0.25) is 0 Å². The maximum atomic E-state index is 11.3. The van der Waals surface area contributed by atoms with E-state index in [1.54, 1.807) is 24.3 Å². The molecule has 1 aromatic carbocycles. The number of hydrogen-bond donors (Lipinski definition) is 0. The highest BCUT2D eigenvalue weighted by Gasteiger charge is 2.08. The number of rotatable bonds is 4. The fourth-order valence-electron chi connectivity index (χ4n) is 1.49. The average Bonchev–Trinajstić information content (AvgIpc) is 2.40. The van der Waals surface area contributed by atoms with E-state index in [2.05, 4.69) is 4.98 Å². The number of sulfone groups is 1. The average molecular weight is 332 g/mol. The van der Waals surface area contributed by atoms with Gasteiger partial charge in [0.1, 0.15) is 5.75 Å². The second-order valence-electron chi connectivity index (χ2n) is 4.06. The minimum Gasteiger partial charge on any atom is -0.439 e. The van der Waals surface area contributed by atoms with E-state index in [-0.39, 0.29) is 10.8 Å². The fraction of sp³-hybridized carbons (Fsp3) is 0.154. The molecule has 1 heterocycles. The maximum absolute atomic E-state index is 11.3. The van der Waals surface area contributed by atoms with E-state index in [9.17, 15) is 8.42 Å². The van der Waals surface area contributed by atoms with Crippen LogP contribution < -0.4 is 4.74 Å². The minimum absolute atomic E-state index is 0.184. The van der Waals surface area contributed by atoms with Crippen LogP contribution in [0.1, 0.15) is 5.69 Å². The Hall–Kier alpha value is -1.30. The summed E-state index contributed by atoms with van der Waals surface area (Å²) in [4.78, 5) is 4.38. The normalized spacial score (nSPS) is 11.3. The van der Waals surface area contributed by atoms with Crippen LogP contribution in [-0.4, -0.2) is 19.7 Å². The van der Waals surface area contributed by atoms with Gasteiger partial charge in [0, 0.05) is 12.3 Å². The first-order chi connectivity index (χ1) is 9.40. The predicted molar refractivity (Wildman–Crippen MR) is 78.4 cm³/mol. The van der Waals surface area contributed by atoms with E-state index in [1.165, 1.54) is 12.1 Å². The van der Waals surface area contributed by atoms with Crippen molar-refractivity contribution in [2.24, 2.45) is 0 Å². The van der Waals surface area contributed by atoms with Crippen LogP contribution in [0, 0.1) is 0 Å². The van der Waals surface area contributed by atoms with Gasteiger partial charge in [-0.05, 0) is 30.3 Å². The summed E-state index contributed by atoms with van der Waals surface area (Å²) >= 11 is 11.6. The molecule has 0 bridgehead atoms. The zero-order chi connectivity index (χ0) is 14.8. The number of nitrogens with zero attached hydrogens (tertiary/aromatic N) is 1. The Morgan fingerprint density at radius 3 is 2.35 bits per heavy atom. The van der Waals surface area contributed by atoms with E-state index in [0.29, 0.717) is 22.3 Å². The third kappa shape index (κ3) is 3.62. The molecule has 0 unspecified atom stereocenters. The Balaban J connectivity index is 2.22. The van der Waals surface area contributed by atoms with Gasteiger partial charge in [0.05, 0.1) is 21.5 Å². The molecule has 0 saturated carbocycles. The van der Waals surface area contributed by atoms with Crippen LogP contribution in [0.15, 0.2) is 41.3 Å².